The van der Waals surface area contributed by atoms with Crippen molar-refractivity contribution in [1.29, 1.82) is 0 Å². The predicted molar refractivity (Wildman–Crippen MR) is 127 cm³/mol. The van der Waals surface area contributed by atoms with Gasteiger partial charge in [-0.3, -0.25) is 4.79 Å². The number of rotatable bonds is 7. The highest BCUT2D eigenvalue weighted by Crippen LogP contribution is 2.32. The van der Waals surface area contributed by atoms with Crippen molar-refractivity contribution in [3.8, 4) is 11.1 Å². The Balaban J connectivity index is 0.000000405. The molecule has 7 heteroatoms. The van der Waals surface area contributed by atoms with Crippen molar-refractivity contribution in [2.75, 3.05) is 17.7 Å². The number of primary amides is 1. The number of benzene rings is 3. The molecular weight excluding hydrogens is 404 g/mol. The first-order chi connectivity index (χ1) is 15.4. The Bertz CT molecular complexity index is 1080. The van der Waals surface area contributed by atoms with Gasteiger partial charge in [-0.05, 0) is 59.9 Å². The summed E-state index contributed by atoms with van der Waals surface area (Å²) in [7, 11) is 0. The van der Waals surface area contributed by atoms with Gasteiger partial charge in [-0.2, -0.15) is 0 Å². The van der Waals surface area contributed by atoms with Crippen molar-refractivity contribution in [2.45, 2.75) is 25.3 Å². The maximum absolute atomic E-state index is 12.4. The lowest BCUT2D eigenvalue weighted by Gasteiger charge is -2.33. The lowest BCUT2D eigenvalue weighted by Crippen LogP contribution is -2.48. The quantitative estimate of drug-likeness (QED) is 0.284. The fourth-order valence-corrected chi connectivity index (χ4v) is 3.60. The third kappa shape index (κ3) is 5.44. The van der Waals surface area contributed by atoms with E-state index in [4.69, 9.17) is 11.5 Å². The molecule has 3 amide bonds. The van der Waals surface area contributed by atoms with Crippen LogP contribution in [0.2, 0.25) is 0 Å². The van der Waals surface area contributed by atoms with Gasteiger partial charge in [0.25, 0.3) is 5.91 Å². The van der Waals surface area contributed by atoms with E-state index in [1.165, 1.54) is 11.1 Å². The number of aliphatic hydroxyl groups excluding tert-OH is 1. The van der Waals surface area contributed by atoms with Gasteiger partial charge in [0, 0.05) is 12.2 Å². The summed E-state index contributed by atoms with van der Waals surface area (Å²) >= 11 is 0. The number of carbonyl (C=O) groups excluding carboxylic acids is 2. The first-order valence-electron chi connectivity index (χ1n) is 10.4. The molecule has 166 valence electrons. The summed E-state index contributed by atoms with van der Waals surface area (Å²) in [6.45, 7) is 1.79. The highest BCUT2D eigenvalue weighted by molar-refractivity contribution is 6.05. The fraction of sp³-hybridized carbons (Fsp3) is 0.200. The zero-order chi connectivity index (χ0) is 23.1. The van der Waals surface area contributed by atoms with Gasteiger partial charge < -0.3 is 27.2 Å². The zero-order valence-corrected chi connectivity index (χ0v) is 18.0. The Morgan fingerprint density at radius 3 is 2.09 bits per heavy atom. The van der Waals surface area contributed by atoms with E-state index in [1.807, 2.05) is 6.92 Å². The van der Waals surface area contributed by atoms with E-state index >= 15 is 0 Å². The molecule has 0 radical (unpaired) electrons. The second-order valence-electron chi connectivity index (χ2n) is 7.60. The van der Waals surface area contributed by atoms with Gasteiger partial charge >= 0.3 is 6.03 Å². The molecule has 0 heterocycles. The molecule has 1 atom stereocenters. The van der Waals surface area contributed by atoms with Crippen LogP contribution in [0.15, 0.2) is 72.8 Å². The van der Waals surface area contributed by atoms with E-state index in [0.717, 1.165) is 5.56 Å². The molecule has 2 aliphatic rings. The summed E-state index contributed by atoms with van der Waals surface area (Å²) in [6.07, 6.45) is 0.862. The van der Waals surface area contributed by atoms with Gasteiger partial charge in [0.2, 0.25) is 0 Å². The largest absolute Gasteiger partial charge is 0.397 e. The maximum atomic E-state index is 12.4. The van der Waals surface area contributed by atoms with Crippen LogP contribution in [0, 0.1) is 0 Å². The zero-order valence-electron chi connectivity index (χ0n) is 18.0. The van der Waals surface area contributed by atoms with Crippen molar-refractivity contribution in [1.82, 2.24) is 5.32 Å². The third-order valence-corrected chi connectivity index (χ3v) is 5.53. The molecule has 0 saturated heterocycles. The number of fused-ring (bicyclic) bond motifs is 1. The van der Waals surface area contributed by atoms with Crippen molar-refractivity contribution in [3.63, 3.8) is 0 Å². The SMILES string of the molecule is CCC(CCO)(NC(N)=O)c1ccc(C(=O)Nc2ccccc2N)cc1.c1cc2cc-2c1. The van der Waals surface area contributed by atoms with Crippen LogP contribution < -0.4 is 22.1 Å². The topological polar surface area (TPSA) is 130 Å². The van der Waals surface area contributed by atoms with Crippen LogP contribution in [0.25, 0.3) is 11.1 Å². The molecule has 32 heavy (non-hydrogen) atoms. The smallest absolute Gasteiger partial charge is 0.312 e. The molecule has 7 nitrogen and oxygen atoms in total. The Morgan fingerprint density at radius 2 is 1.62 bits per heavy atom. The summed E-state index contributed by atoms with van der Waals surface area (Å²) in [5.41, 5.74) is 15.4. The molecule has 0 spiro atoms. The van der Waals surface area contributed by atoms with Crippen LogP contribution in [-0.4, -0.2) is 23.7 Å². The molecule has 7 N–H and O–H groups in total. The van der Waals surface area contributed by atoms with E-state index in [1.54, 1.807) is 48.5 Å². The first-order valence-corrected chi connectivity index (χ1v) is 10.4. The van der Waals surface area contributed by atoms with Crippen LogP contribution in [0.5, 0.6) is 0 Å². The molecular formula is C25H28N4O3. The highest BCUT2D eigenvalue weighted by Gasteiger charge is 2.31. The van der Waals surface area contributed by atoms with Crippen LogP contribution in [0.1, 0.15) is 35.7 Å². The molecule has 0 bridgehead atoms. The number of anilines is 2. The lowest BCUT2D eigenvalue weighted by atomic mass is 9.84. The number of nitrogen functional groups attached to an aromatic ring is 1. The molecule has 2 aromatic rings. The number of nitrogens with one attached hydrogen (secondary N) is 2. The van der Waals surface area contributed by atoms with Crippen molar-refractivity contribution in [3.05, 3.63) is 83.9 Å². The predicted octanol–water partition coefficient (Wildman–Crippen LogP) is 3.84. The summed E-state index contributed by atoms with van der Waals surface area (Å²) in [6, 6.07) is 21.6. The van der Waals surface area contributed by atoms with Gasteiger partial charge in [0.15, 0.2) is 0 Å². The average Bonchev–Trinajstić information content (AvgIpc) is 3.39. The maximum Gasteiger partial charge on any atom is 0.312 e. The number of hydrogen-bond acceptors (Lipinski definition) is 4. The fourth-order valence-electron chi connectivity index (χ4n) is 3.60. The van der Waals surface area contributed by atoms with E-state index in [9.17, 15) is 14.7 Å². The number of nitrogens with two attached hydrogens (primary N) is 2. The van der Waals surface area contributed by atoms with E-state index < -0.39 is 11.6 Å². The molecule has 2 aliphatic carbocycles. The minimum Gasteiger partial charge on any atom is -0.397 e. The van der Waals surface area contributed by atoms with Crippen LogP contribution in [0.3, 0.4) is 0 Å². The van der Waals surface area contributed by atoms with Gasteiger partial charge in [-0.25, -0.2) is 4.79 Å². The first kappa shape index (κ1) is 22.8. The molecule has 0 aliphatic heterocycles. The molecule has 4 rings (SSSR count). The van der Waals surface area contributed by atoms with E-state index in [-0.39, 0.29) is 12.5 Å². The number of aliphatic hydroxyl groups is 1. The van der Waals surface area contributed by atoms with Crippen LogP contribution in [0.4, 0.5) is 16.2 Å². The molecule has 0 fully saturated rings. The monoisotopic (exact) mass is 432 g/mol. The molecule has 1 unspecified atom stereocenters. The minimum absolute atomic E-state index is 0.107. The lowest BCUT2D eigenvalue weighted by molar-refractivity contribution is 0.102. The Morgan fingerprint density at radius 1 is 0.969 bits per heavy atom. The number of hydrogen-bond donors (Lipinski definition) is 5. The summed E-state index contributed by atoms with van der Waals surface area (Å²) < 4.78 is 0. The average molecular weight is 433 g/mol. The Labute approximate surface area is 187 Å². The van der Waals surface area contributed by atoms with Gasteiger partial charge in [-0.1, -0.05) is 49.4 Å². The number of para-hydroxylation sites is 2. The second-order valence-corrected chi connectivity index (χ2v) is 7.60. The minimum atomic E-state index is -0.778. The summed E-state index contributed by atoms with van der Waals surface area (Å²) in [4.78, 5) is 23.8. The molecule has 0 aromatic heterocycles. The second kappa shape index (κ2) is 9.98. The van der Waals surface area contributed by atoms with Crippen molar-refractivity contribution >= 4 is 23.3 Å². The number of carbonyl (C=O) groups is 2. The summed E-state index contributed by atoms with van der Waals surface area (Å²) in [5.74, 6) is -0.290. The van der Waals surface area contributed by atoms with E-state index in [2.05, 4.69) is 34.9 Å². The van der Waals surface area contributed by atoms with Gasteiger partial charge in [-0.15, -0.1) is 0 Å². The number of amides is 3. The standard InChI is InChI=1S/C19H24N4O3.C6H4/c1-2-19(11-12-24,23-18(21)26)14-9-7-13(8-10-14)17(25)22-16-6-4-3-5-15(16)20;1-2-5-4-6(5)3-1/h3-10,24H,2,11-12,20H2,1H3,(H,22,25)(H3,21,23,26);1-4H. The third-order valence-electron chi connectivity index (χ3n) is 5.53. The Kier molecular flexibility index (Phi) is 7.12. The number of urea groups is 1. The molecule has 2 aromatic carbocycles. The molecule has 0 saturated carbocycles. The highest BCUT2D eigenvalue weighted by atomic mass is 16.3. The van der Waals surface area contributed by atoms with Crippen molar-refractivity contribution < 1.29 is 14.7 Å². The normalized spacial score (nSPS) is 12.6. The van der Waals surface area contributed by atoms with E-state index in [0.29, 0.717) is 29.8 Å². The van der Waals surface area contributed by atoms with Gasteiger partial charge in [0.05, 0.1) is 16.9 Å². The summed E-state index contributed by atoms with van der Waals surface area (Å²) in [5, 5.41) is 14.9. The van der Waals surface area contributed by atoms with Crippen LogP contribution in [-0.2, 0) is 5.54 Å². The van der Waals surface area contributed by atoms with Gasteiger partial charge in [0.1, 0.15) is 0 Å². The Hall–Kier alpha value is -3.84. The van der Waals surface area contributed by atoms with Crippen molar-refractivity contribution in [2.24, 2.45) is 5.73 Å². The van der Waals surface area contributed by atoms with Crippen LogP contribution >= 0.6 is 0 Å².